The minimum absolute atomic E-state index is 0.0115. The van der Waals surface area contributed by atoms with Gasteiger partial charge in [0.2, 0.25) is 0 Å². The number of hydrogen-bond acceptors (Lipinski definition) is 3. The van der Waals surface area contributed by atoms with Crippen molar-refractivity contribution in [2.45, 2.75) is 38.8 Å². The van der Waals surface area contributed by atoms with Gasteiger partial charge in [0.25, 0.3) is 0 Å². The summed E-state index contributed by atoms with van der Waals surface area (Å²) in [5.41, 5.74) is 0.927. The molecule has 2 atom stereocenters. The molecule has 21 heavy (non-hydrogen) atoms. The fourth-order valence-corrected chi connectivity index (χ4v) is 2.84. The molecule has 1 aliphatic heterocycles. The van der Waals surface area contributed by atoms with Crippen LogP contribution in [0.15, 0.2) is 24.3 Å². The highest BCUT2D eigenvalue weighted by Gasteiger charge is 2.28. The van der Waals surface area contributed by atoms with Gasteiger partial charge in [-0.15, -0.1) is 0 Å². The summed E-state index contributed by atoms with van der Waals surface area (Å²) in [6.45, 7) is 6.18. The third-order valence-corrected chi connectivity index (χ3v) is 3.96. The van der Waals surface area contributed by atoms with Crippen molar-refractivity contribution in [1.29, 1.82) is 0 Å². The van der Waals surface area contributed by atoms with E-state index in [1.54, 1.807) is 6.07 Å². The molecule has 0 radical (unpaired) electrons. The summed E-state index contributed by atoms with van der Waals surface area (Å²) in [6.07, 6.45) is 1.84. The predicted molar refractivity (Wildman–Crippen MR) is 83.3 cm³/mol. The van der Waals surface area contributed by atoms with Gasteiger partial charge >= 0.3 is 6.03 Å². The van der Waals surface area contributed by atoms with Gasteiger partial charge in [0, 0.05) is 37.3 Å². The van der Waals surface area contributed by atoms with E-state index >= 15 is 0 Å². The second-order valence-electron chi connectivity index (χ2n) is 5.45. The fourth-order valence-electron chi connectivity index (χ4n) is 2.84. The van der Waals surface area contributed by atoms with Crippen molar-refractivity contribution < 1.29 is 9.90 Å². The van der Waals surface area contributed by atoms with Gasteiger partial charge < -0.3 is 20.6 Å². The van der Waals surface area contributed by atoms with Crippen LogP contribution in [0.5, 0.6) is 5.75 Å². The quantitative estimate of drug-likeness (QED) is 0.779. The minimum atomic E-state index is 0.0115. The molecule has 0 bridgehead atoms. The number of para-hydroxylation sites is 1. The lowest BCUT2D eigenvalue weighted by Gasteiger charge is -2.23. The molecule has 5 nitrogen and oxygen atoms in total. The molecule has 0 unspecified atom stereocenters. The first-order chi connectivity index (χ1) is 10.2. The Labute approximate surface area is 126 Å². The van der Waals surface area contributed by atoms with E-state index in [9.17, 15) is 9.90 Å². The first-order valence-corrected chi connectivity index (χ1v) is 7.72. The van der Waals surface area contributed by atoms with Gasteiger partial charge in [-0.3, -0.25) is 0 Å². The molecule has 1 aromatic carbocycles. The van der Waals surface area contributed by atoms with Crippen LogP contribution >= 0.6 is 0 Å². The van der Waals surface area contributed by atoms with E-state index in [1.165, 1.54) is 0 Å². The van der Waals surface area contributed by atoms with E-state index in [2.05, 4.69) is 17.6 Å². The molecule has 2 amide bonds. The molecule has 0 aromatic heterocycles. The summed E-state index contributed by atoms with van der Waals surface area (Å²) in [4.78, 5) is 13.7. The van der Waals surface area contributed by atoms with E-state index in [1.807, 2.05) is 30.0 Å². The van der Waals surface area contributed by atoms with Gasteiger partial charge in [0.05, 0.1) is 0 Å². The van der Waals surface area contributed by atoms with E-state index in [-0.39, 0.29) is 18.1 Å². The third kappa shape index (κ3) is 3.88. The van der Waals surface area contributed by atoms with Gasteiger partial charge in [-0.1, -0.05) is 25.1 Å². The zero-order valence-corrected chi connectivity index (χ0v) is 12.8. The summed E-state index contributed by atoms with van der Waals surface area (Å²) in [7, 11) is 0. The zero-order chi connectivity index (χ0) is 15.2. The molecule has 0 saturated carbocycles. The number of likely N-dealkylation sites (tertiary alicyclic amines) is 1. The third-order valence-electron chi connectivity index (χ3n) is 3.96. The molecule has 2 rings (SSSR count). The molecule has 3 N–H and O–H groups in total. The SMILES string of the molecule is CCNC(=O)N1CC[C@H](N[C@@H](CC)c2ccccc2O)C1. The number of nitrogens with zero attached hydrogens (tertiary/aromatic N) is 1. The Hall–Kier alpha value is -1.75. The Balaban J connectivity index is 1.95. The second kappa shape index (κ2) is 7.31. The smallest absolute Gasteiger partial charge is 0.317 e. The van der Waals surface area contributed by atoms with E-state index in [0.29, 0.717) is 12.3 Å². The normalized spacial score (nSPS) is 19.5. The van der Waals surface area contributed by atoms with Crippen LogP contribution in [0.2, 0.25) is 0 Å². The van der Waals surface area contributed by atoms with Gasteiger partial charge in [-0.2, -0.15) is 0 Å². The summed E-state index contributed by atoms with van der Waals surface area (Å²) < 4.78 is 0. The maximum Gasteiger partial charge on any atom is 0.317 e. The molecule has 116 valence electrons. The zero-order valence-electron chi connectivity index (χ0n) is 12.8. The van der Waals surface area contributed by atoms with Crippen molar-refractivity contribution in [2.75, 3.05) is 19.6 Å². The van der Waals surface area contributed by atoms with Crippen molar-refractivity contribution in [3.8, 4) is 5.75 Å². The van der Waals surface area contributed by atoms with Crippen molar-refractivity contribution in [3.05, 3.63) is 29.8 Å². The molecule has 1 aliphatic rings. The number of phenols is 1. The minimum Gasteiger partial charge on any atom is -0.508 e. The number of nitrogens with one attached hydrogen (secondary N) is 2. The molecular formula is C16H25N3O2. The van der Waals surface area contributed by atoms with Crippen molar-refractivity contribution in [3.63, 3.8) is 0 Å². The Morgan fingerprint density at radius 2 is 2.19 bits per heavy atom. The van der Waals surface area contributed by atoms with Crippen LogP contribution in [0.25, 0.3) is 0 Å². The van der Waals surface area contributed by atoms with Crippen LogP contribution in [-0.4, -0.2) is 41.7 Å². The number of amides is 2. The second-order valence-corrected chi connectivity index (χ2v) is 5.45. The molecule has 1 saturated heterocycles. The molecule has 0 spiro atoms. The molecule has 5 heteroatoms. The van der Waals surface area contributed by atoms with Gasteiger partial charge in [0.15, 0.2) is 0 Å². The molecule has 1 aromatic rings. The lowest BCUT2D eigenvalue weighted by molar-refractivity contribution is 0.208. The number of carbonyl (C=O) groups is 1. The van der Waals surface area contributed by atoms with Crippen molar-refractivity contribution in [2.24, 2.45) is 0 Å². The summed E-state index contributed by atoms with van der Waals surface area (Å²) >= 11 is 0. The summed E-state index contributed by atoms with van der Waals surface area (Å²) in [6, 6.07) is 7.84. The Bertz CT molecular complexity index is 478. The monoisotopic (exact) mass is 291 g/mol. The van der Waals surface area contributed by atoms with Crippen LogP contribution in [0.3, 0.4) is 0 Å². The standard InChI is InChI=1S/C16H25N3O2/c1-3-14(13-7-5-6-8-15(13)20)18-12-9-10-19(11-12)16(21)17-4-2/h5-8,12,14,18,20H,3-4,9-11H2,1-2H3,(H,17,21)/t12-,14-/m0/s1. The highest BCUT2D eigenvalue weighted by Crippen LogP contribution is 2.27. The topological polar surface area (TPSA) is 64.6 Å². The average Bonchev–Trinajstić information content (AvgIpc) is 2.94. The van der Waals surface area contributed by atoms with Gasteiger partial charge in [-0.25, -0.2) is 4.79 Å². The Morgan fingerprint density at radius 3 is 2.86 bits per heavy atom. The largest absolute Gasteiger partial charge is 0.508 e. The Morgan fingerprint density at radius 1 is 1.43 bits per heavy atom. The lowest BCUT2D eigenvalue weighted by atomic mass is 10.0. The van der Waals surface area contributed by atoms with Crippen LogP contribution in [0.1, 0.15) is 38.3 Å². The molecule has 0 aliphatic carbocycles. The molecule has 1 heterocycles. The van der Waals surface area contributed by atoms with Crippen LogP contribution in [0.4, 0.5) is 4.79 Å². The number of urea groups is 1. The number of carbonyl (C=O) groups excluding carboxylic acids is 1. The number of benzene rings is 1. The van der Waals surface area contributed by atoms with E-state index in [4.69, 9.17) is 0 Å². The number of aromatic hydroxyl groups is 1. The highest BCUT2D eigenvalue weighted by molar-refractivity contribution is 5.74. The maximum absolute atomic E-state index is 11.8. The number of phenolic OH excluding ortho intramolecular Hbond substituents is 1. The average molecular weight is 291 g/mol. The van der Waals surface area contributed by atoms with Crippen LogP contribution in [0, 0.1) is 0 Å². The predicted octanol–water partition coefficient (Wildman–Crippen LogP) is 2.24. The van der Waals surface area contributed by atoms with E-state index < -0.39 is 0 Å². The Kier molecular flexibility index (Phi) is 5.44. The molecule has 1 fully saturated rings. The number of hydrogen-bond donors (Lipinski definition) is 3. The first kappa shape index (κ1) is 15.6. The van der Waals surface area contributed by atoms with Crippen molar-refractivity contribution >= 4 is 6.03 Å². The summed E-state index contributed by atoms with van der Waals surface area (Å²) in [5.74, 6) is 0.329. The molecular weight excluding hydrogens is 266 g/mol. The summed E-state index contributed by atoms with van der Waals surface area (Å²) in [5, 5.41) is 16.4. The lowest BCUT2D eigenvalue weighted by Crippen LogP contribution is -2.41. The van der Waals surface area contributed by atoms with Crippen molar-refractivity contribution in [1.82, 2.24) is 15.5 Å². The maximum atomic E-state index is 11.8. The fraction of sp³-hybridized carbons (Fsp3) is 0.562. The van der Waals surface area contributed by atoms with Gasteiger partial charge in [-0.05, 0) is 25.8 Å². The highest BCUT2D eigenvalue weighted by atomic mass is 16.3. The van der Waals surface area contributed by atoms with E-state index in [0.717, 1.165) is 31.5 Å². The van der Waals surface area contributed by atoms with Gasteiger partial charge in [0.1, 0.15) is 5.75 Å². The van der Waals surface area contributed by atoms with Crippen LogP contribution < -0.4 is 10.6 Å². The number of rotatable bonds is 5. The first-order valence-electron chi connectivity index (χ1n) is 7.72. The van der Waals surface area contributed by atoms with Crippen LogP contribution in [-0.2, 0) is 0 Å².